The number of ether oxygens (including phenoxy) is 4. The first-order valence-corrected chi connectivity index (χ1v) is 23.5. The van der Waals surface area contributed by atoms with Crippen LogP contribution in [0.2, 0.25) is 18.1 Å². The second-order valence-electron chi connectivity index (χ2n) is 16.2. The van der Waals surface area contributed by atoms with Gasteiger partial charge in [0.15, 0.2) is 25.7 Å². The molecular formula is C41H52N5O10PSi. The van der Waals surface area contributed by atoms with E-state index in [0.717, 1.165) is 16.7 Å². The van der Waals surface area contributed by atoms with Gasteiger partial charge in [-0.25, -0.2) is 4.98 Å². The smallest absolute Gasteiger partial charge is 0.335 e. The highest BCUT2D eigenvalue weighted by Gasteiger charge is 2.58. The quantitative estimate of drug-likeness (QED) is 0.0534. The average molecular weight is 834 g/mol. The molecule has 3 aromatic carbocycles. The van der Waals surface area contributed by atoms with Gasteiger partial charge >= 0.3 is 7.60 Å². The number of aromatic nitrogens is 4. The van der Waals surface area contributed by atoms with E-state index in [2.05, 4.69) is 20.3 Å². The maximum Gasteiger partial charge on any atom is 0.335 e. The summed E-state index contributed by atoms with van der Waals surface area (Å²) in [6.07, 6.45) is -2.45. The molecule has 17 heteroatoms. The minimum atomic E-state index is -5.08. The van der Waals surface area contributed by atoms with Gasteiger partial charge in [-0.05, 0) is 59.1 Å². The van der Waals surface area contributed by atoms with E-state index in [1.54, 1.807) is 28.1 Å². The molecule has 0 spiro atoms. The lowest BCUT2D eigenvalue weighted by molar-refractivity contribution is -0.118. The fourth-order valence-electron chi connectivity index (χ4n) is 6.82. The summed E-state index contributed by atoms with van der Waals surface area (Å²) in [5.74, 6) is 0.318. The van der Waals surface area contributed by atoms with Crippen LogP contribution in [-0.4, -0.2) is 82.2 Å². The third kappa shape index (κ3) is 8.41. The average Bonchev–Trinajstić information content (AvgIpc) is 3.77. The summed E-state index contributed by atoms with van der Waals surface area (Å²) in [7, 11) is -4.69. The molecule has 4 N–H and O–H groups in total. The Morgan fingerprint density at radius 2 is 1.50 bits per heavy atom. The molecule has 1 fully saturated rings. The lowest BCUT2D eigenvalue weighted by Gasteiger charge is -2.41. The van der Waals surface area contributed by atoms with Crippen molar-refractivity contribution in [3.63, 3.8) is 0 Å². The predicted octanol–water partition coefficient (Wildman–Crippen LogP) is 6.57. The van der Waals surface area contributed by atoms with Crippen LogP contribution in [0.4, 0.5) is 5.95 Å². The maximum atomic E-state index is 13.8. The van der Waals surface area contributed by atoms with E-state index in [0.29, 0.717) is 11.5 Å². The van der Waals surface area contributed by atoms with Gasteiger partial charge in [-0.15, -0.1) is 0 Å². The molecule has 6 rings (SSSR count). The number of H-pyrrole nitrogens is 1. The first-order chi connectivity index (χ1) is 27.3. The Bertz CT molecular complexity index is 2270. The van der Waals surface area contributed by atoms with Gasteiger partial charge in [0.05, 0.1) is 33.3 Å². The van der Waals surface area contributed by atoms with Crippen molar-refractivity contribution in [1.82, 2.24) is 19.5 Å². The largest absolute Gasteiger partial charge is 0.497 e. The number of carbonyl (C=O) groups excluding carboxylic acids is 1. The number of aromatic amines is 1. The Kier molecular flexibility index (Phi) is 12.2. The van der Waals surface area contributed by atoms with Crippen LogP contribution in [0.1, 0.15) is 57.5 Å². The minimum absolute atomic E-state index is 0.0472. The zero-order chi connectivity index (χ0) is 42.2. The topological polar surface area (TPSA) is 196 Å². The summed E-state index contributed by atoms with van der Waals surface area (Å²) in [4.78, 5) is 59.5. The number of anilines is 1. The molecule has 2 aromatic heterocycles. The van der Waals surface area contributed by atoms with Gasteiger partial charge in [0.2, 0.25) is 11.9 Å². The van der Waals surface area contributed by atoms with Gasteiger partial charge in [0, 0.05) is 5.92 Å². The lowest BCUT2D eigenvalue weighted by Crippen LogP contribution is -2.50. The van der Waals surface area contributed by atoms with E-state index in [1.165, 1.54) is 10.9 Å². The summed E-state index contributed by atoms with van der Waals surface area (Å²) in [5, 5.41) is 2.23. The van der Waals surface area contributed by atoms with Crippen LogP contribution in [0.5, 0.6) is 11.5 Å². The number of imidazole rings is 1. The molecule has 0 bridgehead atoms. The van der Waals surface area contributed by atoms with E-state index in [4.69, 9.17) is 23.4 Å². The van der Waals surface area contributed by atoms with Crippen molar-refractivity contribution in [3.8, 4) is 11.5 Å². The molecule has 0 radical (unpaired) electrons. The zero-order valence-corrected chi connectivity index (χ0v) is 36.0. The van der Waals surface area contributed by atoms with Gasteiger partial charge in [-0.2, -0.15) is 4.98 Å². The first-order valence-electron chi connectivity index (χ1n) is 19.0. The Morgan fingerprint density at radius 1 is 0.948 bits per heavy atom. The molecule has 1 amide bonds. The number of methoxy groups -OCH3 is 2. The highest BCUT2D eigenvalue weighted by atomic mass is 31.2. The van der Waals surface area contributed by atoms with E-state index in [-0.39, 0.29) is 28.8 Å². The number of benzene rings is 3. The molecule has 0 aliphatic carbocycles. The van der Waals surface area contributed by atoms with Crippen LogP contribution >= 0.6 is 7.60 Å². The van der Waals surface area contributed by atoms with E-state index in [9.17, 15) is 23.9 Å². The fraction of sp³-hybridized carbons (Fsp3) is 0.415. The Morgan fingerprint density at radius 3 is 2.00 bits per heavy atom. The van der Waals surface area contributed by atoms with Crippen molar-refractivity contribution >= 4 is 38.9 Å². The highest BCUT2D eigenvalue weighted by molar-refractivity contribution is 7.52. The number of rotatable bonds is 14. The molecule has 58 heavy (non-hydrogen) atoms. The highest BCUT2D eigenvalue weighted by Crippen LogP contribution is 2.56. The van der Waals surface area contributed by atoms with Gasteiger partial charge in [0.25, 0.3) is 5.56 Å². The molecule has 1 aliphatic rings. The molecule has 310 valence electrons. The van der Waals surface area contributed by atoms with Crippen LogP contribution in [-0.2, 0) is 28.9 Å². The predicted molar refractivity (Wildman–Crippen MR) is 222 cm³/mol. The van der Waals surface area contributed by atoms with Gasteiger partial charge in [-0.3, -0.25) is 29.0 Å². The third-order valence-electron chi connectivity index (χ3n) is 11.0. The lowest BCUT2D eigenvalue weighted by atomic mass is 9.80. The second-order valence-corrected chi connectivity index (χ2v) is 22.7. The summed E-state index contributed by atoms with van der Waals surface area (Å²) in [6, 6.07) is 24.6. The van der Waals surface area contributed by atoms with Gasteiger partial charge in [-0.1, -0.05) is 89.2 Å². The molecule has 1 aliphatic heterocycles. The number of carbonyl (C=O) groups is 1. The second kappa shape index (κ2) is 16.5. The molecular weight excluding hydrogens is 782 g/mol. The SMILES string of the molecule is COc1ccc(C(OC[C@H]2O[C@@H](n3cnc4c(=O)[nH]c(NC(=O)C(C)C)nc43)[C@H](P(=O)(O)O)[C@@H]2O[Si](C)(C)C(C)(C)C)(c2ccccc2)c2ccc(OC)cc2)cc1. The number of hydrogen-bond donors (Lipinski definition) is 4. The number of nitrogens with one attached hydrogen (secondary N) is 2. The molecule has 1 saturated heterocycles. The van der Waals surface area contributed by atoms with E-state index >= 15 is 0 Å². The van der Waals surface area contributed by atoms with Crippen molar-refractivity contribution in [2.75, 3.05) is 26.1 Å². The van der Waals surface area contributed by atoms with Crippen LogP contribution in [0.25, 0.3) is 11.2 Å². The van der Waals surface area contributed by atoms with Crippen LogP contribution in [0, 0.1) is 5.92 Å². The first kappa shape index (κ1) is 42.9. The van der Waals surface area contributed by atoms with E-state index in [1.807, 2.05) is 113 Å². The summed E-state index contributed by atoms with van der Waals surface area (Å²) >= 11 is 0. The number of fused-ring (bicyclic) bond motifs is 1. The van der Waals surface area contributed by atoms with Gasteiger partial charge < -0.3 is 33.2 Å². The summed E-state index contributed by atoms with van der Waals surface area (Å²) in [6.45, 7) is 13.3. The molecule has 0 unspecified atom stereocenters. The van der Waals surface area contributed by atoms with Crippen LogP contribution in [0.3, 0.4) is 0 Å². The zero-order valence-electron chi connectivity index (χ0n) is 34.1. The van der Waals surface area contributed by atoms with Crippen molar-refractivity contribution in [3.05, 3.63) is 112 Å². The Hall–Kier alpha value is -4.67. The molecule has 0 saturated carbocycles. The number of hydrogen-bond acceptors (Lipinski definition) is 10. The maximum absolute atomic E-state index is 13.8. The monoisotopic (exact) mass is 833 g/mol. The Balaban J connectivity index is 1.52. The van der Waals surface area contributed by atoms with Crippen molar-refractivity contribution in [2.45, 2.75) is 82.4 Å². The van der Waals surface area contributed by atoms with Crippen molar-refractivity contribution in [2.24, 2.45) is 5.92 Å². The molecule has 4 atom stereocenters. The van der Waals surface area contributed by atoms with Crippen LogP contribution < -0.4 is 20.3 Å². The molecule has 15 nitrogen and oxygen atoms in total. The standard InChI is InChI=1S/C41H52N5O10PSi/c1-25(2)36(47)44-39-43-35-32(37(48)45-39)42-24-46(35)38-34(57(49,50)51)33(56-58(8,9)40(3,4)5)31(55-38)23-54-41(26-13-11-10-12-14-26,27-15-19-29(52-6)20-16-27)28-17-21-30(53-7)22-18-28/h10-22,24-25,31,33-34,38H,23H2,1-9H3,(H2,49,50,51)(H2,43,44,45,47,48)/t31-,33-,34-,38-/m1/s1. The van der Waals surface area contributed by atoms with E-state index < -0.39 is 63.0 Å². The summed E-state index contributed by atoms with van der Waals surface area (Å²) in [5.41, 5.74) is -1.44. The van der Waals surface area contributed by atoms with Crippen molar-refractivity contribution in [1.29, 1.82) is 0 Å². The van der Waals surface area contributed by atoms with Gasteiger partial charge in [0.1, 0.15) is 28.9 Å². The fourth-order valence-corrected chi connectivity index (χ4v) is 9.45. The Labute approximate surface area is 338 Å². The van der Waals surface area contributed by atoms with Crippen LogP contribution in [0.15, 0.2) is 90.0 Å². The number of nitrogens with zero attached hydrogens (tertiary/aromatic N) is 3. The number of amides is 1. The van der Waals surface area contributed by atoms with Crippen molar-refractivity contribution < 1.29 is 42.5 Å². The summed E-state index contributed by atoms with van der Waals surface area (Å²) < 4.78 is 47.0. The minimum Gasteiger partial charge on any atom is -0.497 e. The normalized spacial score (nSPS) is 19.1. The molecule has 3 heterocycles. The third-order valence-corrected chi connectivity index (χ3v) is 16.8. The molecule has 5 aromatic rings.